The van der Waals surface area contributed by atoms with E-state index < -0.39 is 0 Å². The van der Waals surface area contributed by atoms with Gasteiger partial charge in [0.05, 0.1) is 0 Å². The van der Waals surface area contributed by atoms with Gasteiger partial charge < -0.3 is 11.5 Å². The zero-order valence-electron chi connectivity index (χ0n) is 29.7. The van der Waals surface area contributed by atoms with Crippen LogP contribution in [0.4, 0.5) is 0 Å². The van der Waals surface area contributed by atoms with Gasteiger partial charge in [-0.25, -0.2) is 0 Å². The lowest BCUT2D eigenvalue weighted by molar-refractivity contribution is 1.07. The first-order valence-electron chi connectivity index (χ1n) is 17.7. The van der Waals surface area contributed by atoms with Crippen molar-refractivity contribution in [2.24, 2.45) is 11.5 Å². The van der Waals surface area contributed by atoms with Gasteiger partial charge in [0.2, 0.25) is 0 Å². The highest BCUT2D eigenvalue weighted by Gasteiger charge is 2.12. The Hall–Kier alpha value is -6.33. The molecule has 9 aromatic rings. The highest BCUT2D eigenvalue weighted by molar-refractivity contribution is 7.25. The molecular formula is C49H41N3S. The molecule has 0 bridgehead atoms. The van der Waals surface area contributed by atoms with Gasteiger partial charge in [0.15, 0.2) is 0 Å². The zero-order valence-corrected chi connectivity index (χ0v) is 30.5. The topological polar surface area (TPSA) is 75.9 Å². The van der Waals surface area contributed by atoms with Gasteiger partial charge in [-0.15, -0.1) is 11.3 Å². The maximum absolute atomic E-state index is 7.01. The van der Waals surface area contributed by atoms with E-state index in [1.54, 1.807) is 0 Å². The molecule has 8 aromatic carbocycles. The fraction of sp³-hybridized carbons (Fsp3) is 0.0408. The third-order valence-corrected chi connectivity index (χ3v) is 10.4. The summed E-state index contributed by atoms with van der Waals surface area (Å²) < 4.78 is 2.70. The second-order valence-electron chi connectivity index (χ2n) is 13.0. The minimum atomic E-state index is 0.121. The molecule has 1 heterocycles. The van der Waals surface area contributed by atoms with Crippen LogP contribution in [0.15, 0.2) is 188 Å². The third kappa shape index (κ3) is 8.26. The molecule has 0 aliphatic rings. The van der Waals surface area contributed by atoms with Crippen molar-refractivity contribution >= 4 is 48.1 Å². The molecule has 0 atom stereocenters. The van der Waals surface area contributed by atoms with Gasteiger partial charge >= 0.3 is 0 Å². The lowest BCUT2D eigenvalue weighted by Crippen LogP contribution is -2.10. The average Bonchev–Trinajstić information content (AvgIpc) is 3.61. The Balaban J connectivity index is 0.000000156. The fourth-order valence-corrected chi connectivity index (χ4v) is 7.70. The number of rotatable bonds is 5. The number of fused-ring (bicyclic) bond motifs is 4. The minimum absolute atomic E-state index is 0.121. The van der Waals surface area contributed by atoms with Crippen molar-refractivity contribution in [1.82, 2.24) is 0 Å². The normalized spacial score (nSPS) is 10.7. The summed E-state index contributed by atoms with van der Waals surface area (Å²) in [5.41, 5.74) is 21.6. The highest BCUT2D eigenvalue weighted by atomic mass is 32.1. The lowest BCUT2D eigenvalue weighted by Gasteiger charge is -2.11. The van der Waals surface area contributed by atoms with Crippen molar-refractivity contribution < 1.29 is 0 Å². The fourth-order valence-electron chi connectivity index (χ4n) is 6.57. The molecule has 53 heavy (non-hydrogen) atoms. The van der Waals surface area contributed by atoms with Gasteiger partial charge in [0, 0.05) is 32.3 Å². The van der Waals surface area contributed by atoms with Crippen molar-refractivity contribution in [2.45, 2.75) is 13.5 Å². The Labute approximate surface area is 315 Å². The molecule has 0 aliphatic carbocycles. The second kappa shape index (κ2) is 16.3. The Morgan fingerprint density at radius 1 is 0.509 bits per heavy atom. The highest BCUT2D eigenvalue weighted by Crippen LogP contribution is 2.41. The molecule has 3 nitrogen and oxygen atoms in total. The standard InChI is InChI=1S/C29H20S.C13H13N.C7H8N2/c1-19-15-23(22-14-13-20-7-2-3-8-21(20)17-22)18-24(16-19)25-10-6-12-28-29(25)26-9-4-5-11-27(26)30-28;14-10-11-6-8-13(9-7-11)12-4-2-1-3-5-12;8-7(9)6-4-2-1-3-5-6/h2-18H,1H3;1-9H,10,14H2;1-5H,(H3,8,9). The van der Waals surface area contributed by atoms with Crippen LogP contribution in [-0.2, 0) is 6.54 Å². The molecule has 1 aromatic heterocycles. The number of benzene rings is 8. The summed E-state index contributed by atoms with van der Waals surface area (Å²) >= 11 is 1.88. The molecule has 9 rings (SSSR count). The molecular weight excluding hydrogens is 663 g/mol. The molecule has 258 valence electrons. The van der Waals surface area contributed by atoms with E-state index in [4.69, 9.17) is 16.9 Å². The Bertz CT molecular complexity index is 2620. The van der Waals surface area contributed by atoms with Crippen LogP contribution in [0.5, 0.6) is 0 Å². The number of nitrogen functional groups attached to an aromatic ring is 1. The van der Waals surface area contributed by atoms with Crippen molar-refractivity contribution in [3.63, 3.8) is 0 Å². The number of hydrogen-bond acceptors (Lipinski definition) is 3. The van der Waals surface area contributed by atoms with E-state index >= 15 is 0 Å². The summed E-state index contributed by atoms with van der Waals surface area (Å²) in [6, 6.07) is 65.6. The molecule has 0 amide bonds. The Morgan fingerprint density at radius 2 is 1.11 bits per heavy atom. The number of nitrogens with one attached hydrogen (secondary N) is 1. The van der Waals surface area contributed by atoms with E-state index in [-0.39, 0.29) is 5.84 Å². The van der Waals surface area contributed by atoms with Crippen LogP contribution in [0, 0.1) is 12.3 Å². The summed E-state index contributed by atoms with van der Waals surface area (Å²) in [5.74, 6) is 0.121. The number of hydrogen-bond donors (Lipinski definition) is 3. The van der Waals surface area contributed by atoms with Crippen LogP contribution in [0.2, 0.25) is 0 Å². The summed E-state index contributed by atoms with van der Waals surface area (Å²) in [6.07, 6.45) is 0. The minimum Gasteiger partial charge on any atom is -0.384 e. The predicted molar refractivity (Wildman–Crippen MR) is 230 cm³/mol. The zero-order chi connectivity index (χ0) is 36.6. The first-order chi connectivity index (χ1) is 26.0. The maximum Gasteiger partial charge on any atom is 0.122 e. The number of amidine groups is 1. The van der Waals surface area contributed by atoms with Crippen molar-refractivity contribution in [3.05, 3.63) is 205 Å². The van der Waals surface area contributed by atoms with Gasteiger partial charge in [-0.05, 0) is 86.5 Å². The predicted octanol–water partition coefficient (Wildman–Crippen LogP) is 12.6. The van der Waals surface area contributed by atoms with Gasteiger partial charge in [0.25, 0.3) is 0 Å². The van der Waals surface area contributed by atoms with E-state index in [0.29, 0.717) is 6.54 Å². The molecule has 0 fully saturated rings. The van der Waals surface area contributed by atoms with Crippen LogP contribution < -0.4 is 11.5 Å². The third-order valence-electron chi connectivity index (χ3n) is 9.26. The molecule has 0 saturated carbocycles. The number of nitrogens with two attached hydrogens (primary N) is 2. The Kier molecular flexibility index (Phi) is 10.8. The molecule has 0 aliphatic heterocycles. The summed E-state index contributed by atoms with van der Waals surface area (Å²) in [7, 11) is 0. The second-order valence-corrected chi connectivity index (χ2v) is 14.1. The van der Waals surface area contributed by atoms with E-state index in [1.165, 1.54) is 75.5 Å². The summed E-state index contributed by atoms with van der Waals surface area (Å²) in [5, 5.41) is 12.3. The van der Waals surface area contributed by atoms with Gasteiger partial charge in [-0.3, -0.25) is 5.41 Å². The largest absolute Gasteiger partial charge is 0.384 e. The van der Waals surface area contributed by atoms with Crippen LogP contribution in [-0.4, -0.2) is 5.84 Å². The van der Waals surface area contributed by atoms with E-state index in [2.05, 4.69) is 146 Å². The number of aryl methyl sites for hydroxylation is 1. The molecule has 0 radical (unpaired) electrons. The Morgan fingerprint density at radius 3 is 1.83 bits per heavy atom. The lowest BCUT2D eigenvalue weighted by atomic mass is 9.93. The van der Waals surface area contributed by atoms with Crippen molar-refractivity contribution in [2.75, 3.05) is 0 Å². The van der Waals surface area contributed by atoms with Crippen LogP contribution >= 0.6 is 11.3 Å². The van der Waals surface area contributed by atoms with Crippen molar-refractivity contribution in [3.8, 4) is 33.4 Å². The van der Waals surface area contributed by atoms with E-state index in [0.717, 1.165) is 5.56 Å². The van der Waals surface area contributed by atoms with Crippen LogP contribution in [0.3, 0.4) is 0 Å². The monoisotopic (exact) mass is 703 g/mol. The smallest absolute Gasteiger partial charge is 0.122 e. The number of thiophene rings is 1. The van der Waals surface area contributed by atoms with Crippen LogP contribution in [0.25, 0.3) is 64.3 Å². The van der Waals surface area contributed by atoms with Crippen LogP contribution in [0.1, 0.15) is 16.7 Å². The molecule has 4 heteroatoms. The quantitative estimate of drug-likeness (QED) is 0.123. The maximum atomic E-state index is 7.01. The SMILES string of the molecule is Cc1cc(-c2ccc3ccccc3c2)cc(-c2cccc3sc4ccccc4c23)c1.N=C(N)c1ccccc1.NCc1ccc(-c2ccccc2)cc1. The van der Waals surface area contributed by atoms with Gasteiger partial charge in [0.1, 0.15) is 5.84 Å². The van der Waals surface area contributed by atoms with Gasteiger partial charge in [-0.2, -0.15) is 0 Å². The molecule has 0 saturated heterocycles. The summed E-state index contributed by atoms with van der Waals surface area (Å²) in [4.78, 5) is 0. The molecule has 5 N–H and O–H groups in total. The van der Waals surface area contributed by atoms with Crippen molar-refractivity contribution in [1.29, 1.82) is 5.41 Å². The van der Waals surface area contributed by atoms with Gasteiger partial charge in [-0.1, -0.05) is 164 Å². The summed E-state index contributed by atoms with van der Waals surface area (Å²) in [6.45, 7) is 2.80. The average molecular weight is 704 g/mol. The van der Waals surface area contributed by atoms with E-state index in [1.807, 2.05) is 59.9 Å². The first kappa shape index (κ1) is 35.1. The first-order valence-corrected chi connectivity index (χ1v) is 18.5. The van der Waals surface area contributed by atoms with E-state index in [9.17, 15) is 0 Å². The molecule has 0 spiro atoms. The molecule has 0 unspecified atom stereocenters.